The van der Waals surface area contributed by atoms with Crippen LogP contribution in [-0.4, -0.2) is 33.8 Å². The van der Waals surface area contributed by atoms with Gasteiger partial charge in [0.25, 0.3) is 0 Å². The molecule has 0 aromatic heterocycles. The second-order valence-electron chi connectivity index (χ2n) is 5.59. The van der Waals surface area contributed by atoms with E-state index in [-0.39, 0.29) is 0 Å². The monoisotopic (exact) mass is 357 g/mol. The molecule has 26 heavy (non-hydrogen) atoms. The molecule has 2 N–H and O–H groups in total. The molecule has 0 atom stereocenters. The van der Waals surface area contributed by atoms with Crippen LogP contribution >= 0.6 is 0 Å². The molecule has 6 heteroatoms. The Morgan fingerprint density at radius 2 is 1.54 bits per heavy atom. The molecular formula is C20H27N3O3. The molecule has 0 unspecified atom stereocenters. The standard InChI is InChI=1S/C20H27N3O3/c1-5-21-20(22-13-15-6-9-17(24-2)10-7-15)23-14-16-8-11-18(25-3)19(12-16)26-4/h6-12H,5,13-14H2,1-4H3,(H2,21,22,23). The van der Waals surface area contributed by atoms with E-state index in [1.54, 1.807) is 21.3 Å². The lowest BCUT2D eigenvalue weighted by molar-refractivity contribution is 0.354. The fourth-order valence-electron chi connectivity index (χ4n) is 2.42. The highest BCUT2D eigenvalue weighted by Crippen LogP contribution is 2.27. The Labute approximate surface area is 155 Å². The predicted octanol–water partition coefficient (Wildman–Crippen LogP) is 2.97. The number of hydrogen-bond donors (Lipinski definition) is 2. The molecule has 2 rings (SSSR count). The van der Waals surface area contributed by atoms with Gasteiger partial charge < -0.3 is 24.8 Å². The van der Waals surface area contributed by atoms with Gasteiger partial charge in [-0.1, -0.05) is 18.2 Å². The van der Waals surface area contributed by atoms with Gasteiger partial charge in [-0.25, -0.2) is 4.99 Å². The van der Waals surface area contributed by atoms with Crippen LogP contribution in [0.5, 0.6) is 17.2 Å². The van der Waals surface area contributed by atoms with Crippen molar-refractivity contribution in [2.75, 3.05) is 27.9 Å². The number of methoxy groups -OCH3 is 3. The Morgan fingerprint density at radius 1 is 0.846 bits per heavy atom. The molecule has 2 aromatic carbocycles. The predicted molar refractivity (Wildman–Crippen MR) is 104 cm³/mol. The van der Waals surface area contributed by atoms with E-state index >= 15 is 0 Å². The first-order valence-electron chi connectivity index (χ1n) is 8.56. The number of nitrogens with zero attached hydrogens (tertiary/aromatic N) is 1. The van der Waals surface area contributed by atoms with Crippen LogP contribution in [0.15, 0.2) is 47.5 Å². The third-order valence-electron chi connectivity index (χ3n) is 3.83. The Balaban J connectivity index is 2.01. The van der Waals surface area contributed by atoms with Gasteiger partial charge in [-0.2, -0.15) is 0 Å². The average Bonchev–Trinajstić information content (AvgIpc) is 2.70. The summed E-state index contributed by atoms with van der Waals surface area (Å²) in [5.74, 6) is 3.03. The van der Waals surface area contributed by atoms with E-state index in [0.29, 0.717) is 24.6 Å². The summed E-state index contributed by atoms with van der Waals surface area (Å²) in [7, 11) is 4.92. The number of benzene rings is 2. The van der Waals surface area contributed by atoms with Gasteiger partial charge in [-0.15, -0.1) is 0 Å². The first-order valence-corrected chi connectivity index (χ1v) is 8.56. The molecule has 0 heterocycles. The van der Waals surface area contributed by atoms with Gasteiger partial charge in [0.15, 0.2) is 17.5 Å². The smallest absolute Gasteiger partial charge is 0.191 e. The molecule has 0 bridgehead atoms. The van der Waals surface area contributed by atoms with Crippen molar-refractivity contribution >= 4 is 5.96 Å². The zero-order valence-electron chi connectivity index (χ0n) is 15.8. The third kappa shape index (κ3) is 5.58. The van der Waals surface area contributed by atoms with Crippen LogP contribution in [0.2, 0.25) is 0 Å². The zero-order chi connectivity index (χ0) is 18.8. The maximum atomic E-state index is 5.34. The number of guanidine groups is 1. The summed E-state index contributed by atoms with van der Waals surface area (Å²) in [4.78, 5) is 4.64. The number of aliphatic imine (C=N–C) groups is 1. The fourth-order valence-corrected chi connectivity index (χ4v) is 2.42. The highest BCUT2D eigenvalue weighted by molar-refractivity contribution is 5.79. The molecule has 0 aliphatic heterocycles. The van der Waals surface area contributed by atoms with E-state index in [9.17, 15) is 0 Å². The van der Waals surface area contributed by atoms with Crippen molar-refractivity contribution in [3.05, 3.63) is 53.6 Å². The van der Waals surface area contributed by atoms with Gasteiger partial charge in [0, 0.05) is 13.1 Å². The third-order valence-corrected chi connectivity index (χ3v) is 3.83. The summed E-state index contributed by atoms with van der Waals surface area (Å²) in [6.07, 6.45) is 0. The average molecular weight is 357 g/mol. The lowest BCUT2D eigenvalue weighted by atomic mass is 10.2. The topological polar surface area (TPSA) is 64.1 Å². The van der Waals surface area contributed by atoms with E-state index in [2.05, 4.69) is 15.6 Å². The highest BCUT2D eigenvalue weighted by atomic mass is 16.5. The number of nitrogens with one attached hydrogen (secondary N) is 2. The van der Waals surface area contributed by atoms with Crippen molar-refractivity contribution in [3.63, 3.8) is 0 Å². The molecule has 0 spiro atoms. The van der Waals surface area contributed by atoms with Crippen molar-refractivity contribution in [1.29, 1.82) is 0 Å². The van der Waals surface area contributed by atoms with Gasteiger partial charge in [0.1, 0.15) is 5.75 Å². The Kier molecular flexibility index (Phi) is 7.61. The quantitative estimate of drug-likeness (QED) is 0.562. The summed E-state index contributed by atoms with van der Waals surface area (Å²) in [6, 6.07) is 13.8. The van der Waals surface area contributed by atoms with E-state index < -0.39 is 0 Å². The lowest BCUT2D eigenvalue weighted by Gasteiger charge is -2.12. The van der Waals surface area contributed by atoms with E-state index in [1.807, 2.05) is 49.4 Å². The van der Waals surface area contributed by atoms with Crippen molar-refractivity contribution in [2.45, 2.75) is 20.0 Å². The Hall–Kier alpha value is -2.89. The van der Waals surface area contributed by atoms with Crippen LogP contribution in [-0.2, 0) is 13.1 Å². The summed E-state index contributed by atoms with van der Waals surface area (Å²) < 4.78 is 15.8. The van der Waals surface area contributed by atoms with E-state index in [4.69, 9.17) is 14.2 Å². The van der Waals surface area contributed by atoms with Crippen LogP contribution in [0.25, 0.3) is 0 Å². The maximum Gasteiger partial charge on any atom is 0.191 e. The first kappa shape index (κ1) is 19.4. The van der Waals surface area contributed by atoms with Crippen molar-refractivity contribution < 1.29 is 14.2 Å². The number of hydrogen-bond acceptors (Lipinski definition) is 4. The molecule has 6 nitrogen and oxygen atoms in total. The molecular weight excluding hydrogens is 330 g/mol. The number of ether oxygens (including phenoxy) is 3. The van der Waals surface area contributed by atoms with Crippen LogP contribution < -0.4 is 24.8 Å². The normalized spacial score (nSPS) is 11.0. The molecule has 0 amide bonds. The van der Waals surface area contributed by atoms with Gasteiger partial charge in [0.2, 0.25) is 0 Å². The largest absolute Gasteiger partial charge is 0.497 e. The van der Waals surface area contributed by atoms with E-state index in [0.717, 1.165) is 29.4 Å². The zero-order valence-corrected chi connectivity index (χ0v) is 15.8. The van der Waals surface area contributed by atoms with Crippen molar-refractivity contribution in [2.24, 2.45) is 4.99 Å². The van der Waals surface area contributed by atoms with Gasteiger partial charge in [0.05, 0.1) is 27.9 Å². The second kappa shape index (κ2) is 10.2. The van der Waals surface area contributed by atoms with Gasteiger partial charge >= 0.3 is 0 Å². The van der Waals surface area contributed by atoms with Crippen molar-refractivity contribution in [1.82, 2.24) is 10.6 Å². The van der Waals surface area contributed by atoms with Crippen LogP contribution in [0.4, 0.5) is 0 Å². The Morgan fingerprint density at radius 3 is 2.15 bits per heavy atom. The Bertz CT molecular complexity index is 715. The molecule has 0 saturated heterocycles. The highest BCUT2D eigenvalue weighted by Gasteiger charge is 2.05. The summed E-state index contributed by atoms with van der Waals surface area (Å²) in [6.45, 7) is 4.06. The molecule has 0 saturated carbocycles. The van der Waals surface area contributed by atoms with Gasteiger partial charge in [-0.05, 0) is 42.3 Å². The van der Waals surface area contributed by atoms with Crippen LogP contribution in [0.3, 0.4) is 0 Å². The minimum absolute atomic E-state index is 0.540. The summed E-state index contributed by atoms with van der Waals surface area (Å²) in [5, 5.41) is 6.59. The second-order valence-corrected chi connectivity index (χ2v) is 5.59. The molecule has 0 fully saturated rings. The van der Waals surface area contributed by atoms with E-state index in [1.165, 1.54) is 0 Å². The van der Waals surface area contributed by atoms with Gasteiger partial charge in [-0.3, -0.25) is 0 Å². The molecule has 140 valence electrons. The SMILES string of the molecule is CCNC(=NCc1ccc(OC)c(OC)c1)NCc1ccc(OC)cc1. The van der Waals surface area contributed by atoms with Crippen molar-refractivity contribution in [3.8, 4) is 17.2 Å². The molecule has 0 aliphatic carbocycles. The first-order chi connectivity index (χ1) is 12.7. The lowest BCUT2D eigenvalue weighted by Crippen LogP contribution is -2.36. The minimum atomic E-state index is 0.540. The van der Waals surface area contributed by atoms with Crippen LogP contribution in [0, 0.1) is 0 Å². The number of rotatable bonds is 8. The summed E-state index contributed by atoms with van der Waals surface area (Å²) in [5.41, 5.74) is 2.20. The maximum absolute atomic E-state index is 5.34. The molecule has 0 radical (unpaired) electrons. The summed E-state index contributed by atoms with van der Waals surface area (Å²) >= 11 is 0. The minimum Gasteiger partial charge on any atom is -0.497 e. The fraction of sp³-hybridized carbons (Fsp3) is 0.350. The molecule has 2 aromatic rings. The molecule has 0 aliphatic rings. The van der Waals surface area contributed by atoms with Crippen LogP contribution in [0.1, 0.15) is 18.1 Å².